The minimum absolute atomic E-state index is 0.000897. The number of pyridine rings is 1. The highest BCUT2D eigenvalue weighted by Crippen LogP contribution is 2.33. The third-order valence-electron chi connectivity index (χ3n) is 4.69. The smallest absolute Gasteiger partial charge is 0.190 e. The lowest BCUT2D eigenvalue weighted by molar-refractivity contribution is -0.612. The average Bonchev–Trinajstić information content (AvgIpc) is 2.63. The molecule has 3 nitrogen and oxygen atoms in total. The van der Waals surface area contributed by atoms with E-state index in [2.05, 4.69) is 15.9 Å². The molecule has 138 valence electrons. The number of hydrogen-bond acceptors (Lipinski definition) is 2. The van der Waals surface area contributed by atoms with Gasteiger partial charge in [-0.05, 0) is 47.9 Å². The maximum Gasteiger partial charge on any atom is 0.190 e. The number of halogens is 2. The van der Waals surface area contributed by atoms with Crippen molar-refractivity contribution in [3.05, 3.63) is 103 Å². The van der Waals surface area contributed by atoms with Gasteiger partial charge in [-0.2, -0.15) is 4.73 Å². The largest absolute Gasteiger partial charge is 0.619 e. The molecule has 5 heteroatoms. The zero-order valence-corrected chi connectivity index (χ0v) is 17.4. The molecule has 1 heterocycles. The van der Waals surface area contributed by atoms with Gasteiger partial charge in [0, 0.05) is 46.5 Å². The molecule has 0 saturated heterocycles. The van der Waals surface area contributed by atoms with Gasteiger partial charge in [0.2, 0.25) is 0 Å². The Morgan fingerprint density at radius 3 is 2.44 bits per heavy atom. The van der Waals surface area contributed by atoms with Crippen LogP contribution in [-0.2, 0) is 0 Å². The van der Waals surface area contributed by atoms with E-state index in [0.29, 0.717) is 22.7 Å². The second kappa shape index (κ2) is 8.24. The first kappa shape index (κ1) is 19.6. The lowest BCUT2D eigenvalue weighted by Gasteiger charge is -2.20. The van der Waals surface area contributed by atoms with Crippen molar-refractivity contribution >= 4 is 33.3 Å². The number of aromatic nitrogens is 1. The van der Waals surface area contributed by atoms with Crippen molar-refractivity contribution in [2.24, 2.45) is 0 Å². The van der Waals surface area contributed by atoms with Crippen molar-refractivity contribution in [3.8, 4) is 0 Å². The van der Waals surface area contributed by atoms with Crippen LogP contribution in [-0.4, -0.2) is 5.78 Å². The maximum atomic E-state index is 13.0. The van der Waals surface area contributed by atoms with Crippen LogP contribution in [0, 0.1) is 19.1 Å². The van der Waals surface area contributed by atoms with Crippen LogP contribution in [0.2, 0.25) is 5.02 Å². The molecule has 0 aliphatic carbocycles. The van der Waals surface area contributed by atoms with E-state index in [0.717, 1.165) is 25.9 Å². The molecule has 0 fully saturated rings. The third kappa shape index (κ3) is 4.57. The highest BCUT2D eigenvalue weighted by Gasteiger charge is 2.22. The zero-order chi connectivity index (χ0) is 19.6. The van der Waals surface area contributed by atoms with Gasteiger partial charge in [0.05, 0.1) is 0 Å². The molecule has 0 amide bonds. The summed E-state index contributed by atoms with van der Waals surface area (Å²) >= 11 is 9.58. The van der Waals surface area contributed by atoms with E-state index < -0.39 is 0 Å². The fourth-order valence-corrected chi connectivity index (χ4v) is 3.70. The Kier molecular flexibility index (Phi) is 5.98. The molecule has 3 aromatic rings. The molecule has 3 rings (SSSR count). The highest BCUT2D eigenvalue weighted by molar-refractivity contribution is 9.10. The van der Waals surface area contributed by atoms with Crippen LogP contribution in [0.15, 0.2) is 65.3 Å². The first-order chi connectivity index (χ1) is 12.8. The van der Waals surface area contributed by atoms with Crippen LogP contribution in [0.4, 0.5) is 0 Å². The molecule has 0 unspecified atom stereocenters. The fraction of sp³-hybridized carbons (Fsp3) is 0.182. The maximum absolute atomic E-state index is 13.0. The fourth-order valence-electron chi connectivity index (χ4n) is 3.21. The number of carbonyl (C=O) groups is 1. The first-order valence-electron chi connectivity index (χ1n) is 8.59. The van der Waals surface area contributed by atoms with Crippen molar-refractivity contribution in [1.29, 1.82) is 0 Å². The minimum Gasteiger partial charge on any atom is -0.619 e. The summed E-state index contributed by atoms with van der Waals surface area (Å²) in [7, 11) is 0. The Balaban J connectivity index is 2.00. The molecule has 0 aliphatic heterocycles. The number of aryl methyl sites for hydroxylation is 2. The van der Waals surface area contributed by atoms with Crippen molar-refractivity contribution in [1.82, 2.24) is 0 Å². The summed E-state index contributed by atoms with van der Waals surface area (Å²) in [5.41, 5.74) is 4.23. The summed E-state index contributed by atoms with van der Waals surface area (Å²) in [6, 6.07) is 17.0. The van der Waals surface area contributed by atoms with Gasteiger partial charge in [-0.3, -0.25) is 4.79 Å². The molecule has 0 aliphatic rings. The van der Waals surface area contributed by atoms with Gasteiger partial charge < -0.3 is 5.21 Å². The molecular weight excluding hydrogens is 426 g/mol. The Bertz CT molecular complexity index is 986. The molecule has 0 radical (unpaired) electrons. The monoisotopic (exact) mass is 443 g/mol. The van der Waals surface area contributed by atoms with E-state index in [1.807, 2.05) is 49.4 Å². The zero-order valence-electron chi connectivity index (χ0n) is 15.1. The quantitative estimate of drug-likeness (QED) is 0.285. The van der Waals surface area contributed by atoms with Crippen molar-refractivity contribution in [2.75, 3.05) is 0 Å². The molecule has 0 saturated carbocycles. The first-order valence-corrected chi connectivity index (χ1v) is 9.77. The third-order valence-corrected chi connectivity index (χ3v) is 5.46. The number of Topliss-reactive ketones (excluding diaryl/α,β-unsaturated/α-hetero) is 1. The van der Waals surface area contributed by atoms with Crippen LogP contribution < -0.4 is 4.73 Å². The molecule has 27 heavy (non-hydrogen) atoms. The van der Waals surface area contributed by atoms with Gasteiger partial charge in [-0.1, -0.05) is 45.7 Å². The van der Waals surface area contributed by atoms with Gasteiger partial charge in [0.25, 0.3) is 0 Å². The second-order valence-corrected chi connectivity index (χ2v) is 7.97. The minimum atomic E-state index is -0.0947. The van der Waals surface area contributed by atoms with Crippen LogP contribution >= 0.6 is 27.5 Å². The lowest BCUT2D eigenvalue weighted by atomic mass is 9.84. The molecule has 1 atom stereocenters. The molecule has 0 spiro atoms. The van der Waals surface area contributed by atoms with Crippen molar-refractivity contribution in [3.63, 3.8) is 0 Å². The van der Waals surface area contributed by atoms with E-state index in [1.165, 1.54) is 6.20 Å². The number of nitrogens with zero attached hydrogens (tertiary/aromatic N) is 1. The van der Waals surface area contributed by atoms with Crippen LogP contribution in [0.5, 0.6) is 0 Å². The molecule has 1 aromatic heterocycles. The molecule has 2 aromatic carbocycles. The number of rotatable bonds is 5. The van der Waals surface area contributed by atoms with Crippen LogP contribution in [0.3, 0.4) is 0 Å². The summed E-state index contributed by atoms with van der Waals surface area (Å²) in [6.45, 7) is 3.70. The van der Waals surface area contributed by atoms with Crippen LogP contribution in [0.25, 0.3) is 0 Å². The van der Waals surface area contributed by atoms with E-state index in [9.17, 15) is 10.0 Å². The normalized spacial score (nSPS) is 12.0. The SMILES string of the molecule is Cc1cc(Cl)ccc1[C@H](CC(=O)c1cc[n+]([O-])c(C)c1)c1ccc(Br)cc1. The molecular formula is C22H19BrClNO2. The lowest BCUT2D eigenvalue weighted by Crippen LogP contribution is -2.29. The number of ketones is 1. The number of hydrogen-bond donors (Lipinski definition) is 0. The van der Waals surface area contributed by atoms with E-state index >= 15 is 0 Å². The van der Waals surface area contributed by atoms with Crippen molar-refractivity contribution < 1.29 is 9.52 Å². The summed E-state index contributed by atoms with van der Waals surface area (Å²) in [6.07, 6.45) is 1.69. The van der Waals surface area contributed by atoms with E-state index in [-0.39, 0.29) is 11.7 Å². The number of carbonyl (C=O) groups excluding carboxylic acids is 1. The predicted molar refractivity (Wildman–Crippen MR) is 111 cm³/mol. The molecule has 0 N–H and O–H groups in total. The van der Waals surface area contributed by atoms with E-state index in [4.69, 9.17) is 11.6 Å². The Labute approximate surface area is 172 Å². The van der Waals surface area contributed by atoms with E-state index in [1.54, 1.807) is 19.1 Å². The Morgan fingerprint density at radius 1 is 1.11 bits per heavy atom. The number of benzene rings is 2. The van der Waals surface area contributed by atoms with Gasteiger partial charge in [-0.15, -0.1) is 0 Å². The average molecular weight is 445 g/mol. The van der Waals surface area contributed by atoms with Crippen LogP contribution in [0.1, 0.15) is 45.1 Å². The second-order valence-electron chi connectivity index (χ2n) is 6.61. The molecule has 0 bridgehead atoms. The van der Waals surface area contributed by atoms with Gasteiger partial charge in [0.15, 0.2) is 17.7 Å². The topological polar surface area (TPSA) is 44.0 Å². The van der Waals surface area contributed by atoms with Gasteiger partial charge >= 0.3 is 0 Å². The highest BCUT2D eigenvalue weighted by atomic mass is 79.9. The standard InChI is InChI=1S/C22H19BrClNO2/c1-14-11-19(24)7-8-20(14)21(16-3-5-18(23)6-4-16)13-22(26)17-9-10-25(27)15(2)12-17/h3-12,21H,13H2,1-2H3/t21-/m1/s1. The predicted octanol–water partition coefficient (Wildman–Crippen LogP) is 5.76. The summed E-state index contributed by atoms with van der Waals surface area (Å²) < 4.78 is 1.75. The summed E-state index contributed by atoms with van der Waals surface area (Å²) in [5, 5.41) is 12.2. The summed E-state index contributed by atoms with van der Waals surface area (Å²) in [5.74, 6) is -0.0938. The summed E-state index contributed by atoms with van der Waals surface area (Å²) in [4.78, 5) is 13.0. The Morgan fingerprint density at radius 2 is 1.81 bits per heavy atom. The van der Waals surface area contributed by atoms with Gasteiger partial charge in [-0.25, -0.2) is 0 Å². The Hall–Kier alpha value is -2.17. The van der Waals surface area contributed by atoms with Gasteiger partial charge in [0.1, 0.15) is 0 Å². The van der Waals surface area contributed by atoms with Crippen molar-refractivity contribution in [2.45, 2.75) is 26.2 Å².